The summed E-state index contributed by atoms with van der Waals surface area (Å²) < 4.78 is 0. The molecule has 0 fully saturated rings. The number of aliphatic hydroxyl groups is 4. The molecular formula is C29H36N4O9. The third-order valence-electron chi connectivity index (χ3n) is 8.35. The molecule has 0 aromatic heterocycles. The van der Waals surface area contributed by atoms with Gasteiger partial charge in [-0.3, -0.25) is 24.1 Å². The second kappa shape index (κ2) is 11.0. The van der Waals surface area contributed by atoms with Gasteiger partial charge < -0.3 is 41.9 Å². The second-order valence-electron chi connectivity index (χ2n) is 11.4. The number of benzene rings is 1. The lowest BCUT2D eigenvalue weighted by molar-refractivity contribution is -0.162. The van der Waals surface area contributed by atoms with Crippen molar-refractivity contribution in [1.82, 2.24) is 10.2 Å². The van der Waals surface area contributed by atoms with Crippen LogP contribution in [0.25, 0.3) is 0 Å². The van der Waals surface area contributed by atoms with Crippen LogP contribution in [0.4, 0.5) is 5.69 Å². The van der Waals surface area contributed by atoms with Crippen molar-refractivity contribution < 1.29 is 44.7 Å². The number of phenolic OH excluding ortho intramolecular Hbond substituents is 1. The number of hydrogen-bond donors (Lipinski definition) is 8. The quantitative estimate of drug-likeness (QED) is 0.0932. The molecule has 0 bridgehead atoms. The van der Waals surface area contributed by atoms with E-state index in [1.165, 1.54) is 31.1 Å². The lowest BCUT2D eigenvalue weighted by atomic mass is 9.55. The van der Waals surface area contributed by atoms with Crippen molar-refractivity contribution in [2.75, 3.05) is 32.5 Å². The third kappa shape index (κ3) is 4.58. The number of anilines is 1. The first-order valence-corrected chi connectivity index (χ1v) is 13.4. The average molecular weight is 585 g/mol. The highest BCUT2D eigenvalue weighted by Gasteiger charge is 2.67. The molecule has 0 aliphatic heterocycles. The topological polar surface area (TPSA) is 223 Å². The maximum atomic E-state index is 13.9. The summed E-state index contributed by atoms with van der Waals surface area (Å²) in [6.45, 7) is 5.81. The molecule has 1 aromatic carbocycles. The molecule has 42 heavy (non-hydrogen) atoms. The van der Waals surface area contributed by atoms with Crippen LogP contribution in [-0.2, 0) is 14.4 Å². The van der Waals surface area contributed by atoms with Gasteiger partial charge >= 0.3 is 0 Å². The van der Waals surface area contributed by atoms with Crippen molar-refractivity contribution in [3.8, 4) is 5.75 Å². The minimum Gasteiger partial charge on any atom is -0.510 e. The van der Waals surface area contributed by atoms with E-state index >= 15 is 0 Å². The number of nitrogens with one attached hydrogen (secondary N) is 2. The molecule has 0 saturated carbocycles. The van der Waals surface area contributed by atoms with Gasteiger partial charge in [0, 0.05) is 18.0 Å². The summed E-state index contributed by atoms with van der Waals surface area (Å²) in [6.07, 6.45) is 0.202. The number of ketones is 2. The minimum absolute atomic E-state index is 0.0833. The van der Waals surface area contributed by atoms with Crippen molar-refractivity contribution in [2.24, 2.45) is 17.6 Å². The lowest BCUT2D eigenvalue weighted by Gasteiger charge is -2.53. The van der Waals surface area contributed by atoms with Crippen molar-refractivity contribution in [1.29, 1.82) is 0 Å². The number of carbonyl (C=O) groups is 4. The number of aliphatic hydroxyl groups excluding tert-OH is 3. The maximum Gasteiger partial charge on any atom is 0.255 e. The Bertz CT molecular complexity index is 1470. The van der Waals surface area contributed by atoms with Gasteiger partial charge in [0.25, 0.3) is 5.91 Å². The van der Waals surface area contributed by atoms with E-state index in [1.54, 1.807) is 6.92 Å². The number of fused-ring (bicyclic) bond motifs is 3. The zero-order valence-electron chi connectivity index (χ0n) is 23.9. The number of rotatable bonds is 7. The molecule has 9 N–H and O–H groups in total. The van der Waals surface area contributed by atoms with E-state index in [-0.39, 0.29) is 17.8 Å². The van der Waals surface area contributed by atoms with E-state index in [4.69, 9.17) is 5.73 Å². The van der Waals surface area contributed by atoms with Crippen LogP contribution in [0.2, 0.25) is 0 Å². The molecule has 6 atom stereocenters. The van der Waals surface area contributed by atoms with Crippen LogP contribution >= 0.6 is 0 Å². The summed E-state index contributed by atoms with van der Waals surface area (Å²) in [5.74, 6) is -10.3. The van der Waals surface area contributed by atoms with Gasteiger partial charge in [0.2, 0.25) is 11.7 Å². The summed E-state index contributed by atoms with van der Waals surface area (Å²) in [7, 11) is 2.93. The number of carbonyl (C=O) groups excluding carboxylic acids is 4. The molecule has 0 spiro atoms. The Morgan fingerprint density at radius 1 is 1.14 bits per heavy atom. The van der Waals surface area contributed by atoms with Crippen LogP contribution in [0, 0.1) is 11.8 Å². The van der Waals surface area contributed by atoms with Crippen molar-refractivity contribution in [2.45, 2.75) is 44.4 Å². The predicted molar refractivity (Wildman–Crippen MR) is 151 cm³/mol. The van der Waals surface area contributed by atoms with E-state index in [1.807, 2.05) is 19.9 Å². The zero-order chi connectivity index (χ0) is 31.4. The highest BCUT2D eigenvalue weighted by atomic mass is 16.4. The number of nitrogens with two attached hydrogens (primary N) is 1. The largest absolute Gasteiger partial charge is 0.510 e. The van der Waals surface area contributed by atoms with Gasteiger partial charge in [0.05, 0.1) is 35.9 Å². The first-order chi connectivity index (χ1) is 19.6. The molecule has 4 rings (SSSR count). The maximum absolute atomic E-state index is 13.9. The Kier molecular flexibility index (Phi) is 8.08. The van der Waals surface area contributed by atoms with Crippen LogP contribution in [0.1, 0.15) is 42.6 Å². The minimum atomic E-state index is -3.00. The number of hydrogen-bond acceptors (Lipinski definition) is 11. The van der Waals surface area contributed by atoms with Crippen LogP contribution in [0.3, 0.4) is 0 Å². The summed E-state index contributed by atoms with van der Waals surface area (Å²) in [4.78, 5) is 53.3. The Hall–Kier alpha value is -4.04. The normalized spacial score (nSPS) is 28.7. The molecule has 0 radical (unpaired) electrons. The predicted octanol–water partition coefficient (Wildman–Crippen LogP) is 0.147. The van der Waals surface area contributed by atoms with Gasteiger partial charge in [-0.25, -0.2) is 0 Å². The summed E-state index contributed by atoms with van der Waals surface area (Å²) in [6, 6.07) is 1.57. The molecule has 3 aliphatic rings. The van der Waals surface area contributed by atoms with E-state index in [2.05, 4.69) is 10.6 Å². The van der Waals surface area contributed by atoms with Crippen molar-refractivity contribution in [3.05, 3.63) is 57.6 Å². The summed E-state index contributed by atoms with van der Waals surface area (Å²) in [5, 5.41) is 62.2. The Labute approximate surface area is 242 Å². The van der Waals surface area contributed by atoms with Crippen LogP contribution < -0.4 is 16.4 Å². The first kappa shape index (κ1) is 30.9. The van der Waals surface area contributed by atoms with Gasteiger partial charge in [0.15, 0.2) is 17.1 Å². The molecule has 4 unspecified atom stereocenters. The lowest BCUT2D eigenvalue weighted by Crippen LogP contribution is -2.68. The number of aromatic hydroxyl groups is 1. The Morgan fingerprint density at radius 2 is 1.79 bits per heavy atom. The molecular weight excluding hydrogens is 548 g/mol. The first-order valence-electron chi connectivity index (χ1n) is 13.4. The van der Waals surface area contributed by atoms with Crippen LogP contribution in [-0.4, -0.2) is 98.7 Å². The van der Waals surface area contributed by atoms with Crippen molar-refractivity contribution >= 4 is 29.1 Å². The van der Waals surface area contributed by atoms with Gasteiger partial charge in [-0.1, -0.05) is 24.6 Å². The number of likely N-dealkylation sites (N-methyl/N-ethyl adjacent to an activating group) is 1. The number of phenols is 1. The molecule has 2 amide bonds. The van der Waals surface area contributed by atoms with Gasteiger partial charge in [0.1, 0.15) is 17.1 Å². The van der Waals surface area contributed by atoms with Gasteiger partial charge in [-0.2, -0.15) is 0 Å². The number of allylic oxidation sites excluding steroid dienone is 1. The molecule has 0 saturated heterocycles. The second-order valence-corrected chi connectivity index (χ2v) is 11.4. The van der Waals surface area contributed by atoms with E-state index in [0.29, 0.717) is 12.1 Å². The van der Waals surface area contributed by atoms with Crippen LogP contribution in [0.5, 0.6) is 5.75 Å². The van der Waals surface area contributed by atoms with E-state index in [9.17, 15) is 44.7 Å². The molecule has 13 heteroatoms. The fourth-order valence-electron chi connectivity index (χ4n) is 6.38. The Morgan fingerprint density at radius 3 is 2.36 bits per heavy atom. The van der Waals surface area contributed by atoms with Gasteiger partial charge in [-0.05, 0) is 45.5 Å². The fourth-order valence-corrected chi connectivity index (χ4v) is 6.38. The standard InChI is InChI=1S/C29H36N4O9/c1-11(2)8-9-31-10-15(34)32-14-7-6-13-12(3)16-18(23(36)17(13)22(14)35)26(39)29(42)20(24(16)37)21(33(4)5)25(38)19(27(29)40)28(30)41/h6-8,12,16,20-21,24,31,35,37-39,42H,9-10H2,1-5H3,(H2,30,41)(H,32,34)/t12?,16?,20?,21-,24?,29-/m0/s1. The number of Topliss-reactive ketones (excluding diaryl/α,β-unsaturated/α-hetero) is 2. The molecule has 226 valence electrons. The van der Waals surface area contributed by atoms with E-state index in [0.717, 1.165) is 5.57 Å². The molecule has 0 heterocycles. The van der Waals surface area contributed by atoms with E-state index < -0.39 is 87.3 Å². The van der Waals surface area contributed by atoms with Gasteiger partial charge in [-0.15, -0.1) is 0 Å². The molecule has 1 aromatic rings. The highest BCUT2D eigenvalue weighted by Crippen LogP contribution is 2.56. The number of amides is 2. The fraction of sp³-hybridized carbons (Fsp3) is 0.448. The number of primary amides is 1. The third-order valence-corrected chi connectivity index (χ3v) is 8.35. The highest BCUT2D eigenvalue weighted by molar-refractivity contribution is 6.25. The monoisotopic (exact) mass is 584 g/mol. The summed E-state index contributed by atoms with van der Waals surface area (Å²) in [5.41, 5.74) is 1.83. The zero-order valence-corrected chi connectivity index (χ0v) is 23.9. The average Bonchev–Trinajstić information content (AvgIpc) is 2.89. The SMILES string of the molecule is CC(C)=CCNCC(=O)Nc1ccc2c(c1O)C(=O)C1=C(O)[C@]3(O)C(=O)C(C(N)=O)=C(O)[C@@H](N(C)C)C3C(O)C1C2C. The smallest absolute Gasteiger partial charge is 0.255 e. The van der Waals surface area contributed by atoms with Crippen molar-refractivity contribution in [3.63, 3.8) is 0 Å². The molecule has 3 aliphatic carbocycles. The molecule has 13 nitrogen and oxygen atoms in total. The van der Waals surface area contributed by atoms with Crippen LogP contribution in [0.15, 0.2) is 46.4 Å². The number of nitrogens with zero attached hydrogens (tertiary/aromatic N) is 1. The Balaban J connectivity index is 1.81. The summed E-state index contributed by atoms with van der Waals surface area (Å²) >= 11 is 0.